The Kier molecular flexibility index (Phi) is 4.63. The van der Waals surface area contributed by atoms with Gasteiger partial charge in [0.2, 0.25) is 5.91 Å². The van der Waals surface area contributed by atoms with E-state index in [1.54, 1.807) is 12.1 Å². The summed E-state index contributed by atoms with van der Waals surface area (Å²) in [6.07, 6.45) is 0.693. The van der Waals surface area contributed by atoms with E-state index in [4.69, 9.17) is 5.73 Å². The molecule has 0 radical (unpaired) electrons. The zero-order valence-electron chi connectivity index (χ0n) is 10.3. The molecule has 1 amide bonds. The zero-order valence-corrected chi connectivity index (χ0v) is 10.3. The minimum atomic E-state index is -0.528. The van der Waals surface area contributed by atoms with E-state index in [1.807, 2.05) is 13.8 Å². The van der Waals surface area contributed by atoms with Gasteiger partial charge in [0, 0.05) is 13.1 Å². The number of carbonyl (C=O) groups is 1. The quantitative estimate of drug-likeness (QED) is 0.822. The highest BCUT2D eigenvalue weighted by atomic mass is 19.1. The molecule has 3 nitrogen and oxygen atoms in total. The molecule has 94 valence electrons. The Hall–Kier alpha value is -1.42. The van der Waals surface area contributed by atoms with E-state index in [2.05, 4.69) is 5.32 Å². The van der Waals surface area contributed by atoms with Crippen LogP contribution in [0, 0.1) is 11.2 Å². The highest BCUT2D eigenvalue weighted by Crippen LogP contribution is 2.19. The normalized spacial score (nSPS) is 14.1. The van der Waals surface area contributed by atoms with Gasteiger partial charge in [0.05, 0.1) is 5.41 Å². The Morgan fingerprint density at radius 1 is 1.41 bits per heavy atom. The summed E-state index contributed by atoms with van der Waals surface area (Å²) in [7, 11) is 0. The monoisotopic (exact) mass is 238 g/mol. The molecule has 4 heteroatoms. The maximum absolute atomic E-state index is 12.7. The second kappa shape index (κ2) is 5.77. The minimum absolute atomic E-state index is 0.0631. The summed E-state index contributed by atoms with van der Waals surface area (Å²) in [6.45, 7) is 4.49. The summed E-state index contributed by atoms with van der Waals surface area (Å²) in [6, 6.07) is 6.07. The molecule has 0 fully saturated rings. The Morgan fingerprint density at radius 2 is 2.00 bits per heavy atom. The van der Waals surface area contributed by atoms with Crippen LogP contribution in [0.1, 0.15) is 25.8 Å². The summed E-state index contributed by atoms with van der Waals surface area (Å²) in [4.78, 5) is 11.9. The molecule has 17 heavy (non-hydrogen) atoms. The molecule has 1 aromatic carbocycles. The lowest BCUT2D eigenvalue weighted by Gasteiger charge is -2.24. The predicted molar refractivity (Wildman–Crippen MR) is 65.7 cm³/mol. The number of nitrogens with one attached hydrogen (secondary N) is 1. The van der Waals surface area contributed by atoms with Crippen molar-refractivity contribution in [3.8, 4) is 0 Å². The van der Waals surface area contributed by atoms with Crippen molar-refractivity contribution < 1.29 is 9.18 Å². The van der Waals surface area contributed by atoms with Crippen LogP contribution in [0.25, 0.3) is 0 Å². The van der Waals surface area contributed by atoms with Crippen LogP contribution in [-0.4, -0.2) is 12.5 Å². The molecule has 0 bridgehead atoms. The van der Waals surface area contributed by atoms with Crippen LogP contribution in [0.5, 0.6) is 0 Å². The molecule has 0 saturated heterocycles. The molecule has 1 rings (SSSR count). The molecule has 0 aliphatic carbocycles. The predicted octanol–water partition coefficient (Wildman–Crippen LogP) is 1.82. The number of hydrogen-bond acceptors (Lipinski definition) is 2. The van der Waals surface area contributed by atoms with E-state index >= 15 is 0 Å². The molecule has 1 aromatic rings. The molecule has 0 spiro atoms. The maximum Gasteiger partial charge on any atom is 0.227 e. The van der Waals surface area contributed by atoms with E-state index in [0.717, 1.165) is 5.56 Å². The van der Waals surface area contributed by atoms with Gasteiger partial charge in [-0.15, -0.1) is 0 Å². The van der Waals surface area contributed by atoms with Crippen molar-refractivity contribution in [2.75, 3.05) is 6.54 Å². The summed E-state index contributed by atoms with van der Waals surface area (Å²) in [5.41, 5.74) is 5.94. The van der Waals surface area contributed by atoms with E-state index in [1.165, 1.54) is 12.1 Å². The number of rotatable bonds is 5. The Balaban J connectivity index is 2.56. The minimum Gasteiger partial charge on any atom is -0.352 e. The van der Waals surface area contributed by atoms with Crippen molar-refractivity contribution in [2.24, 2.45) is 11.1 Å². The maximum atomic E-state index is 12.7. The first-order chi connectivity index (χ1) is 8.01. The Labute approximate surface area is 101 Å². The third kappa shape index (κ3) is 3.53. The third-order valence-electron chi connectivity index (χ3n) is 3.15. The van der Waals surface area contributed by atoms with Gasteiger partial charge in [-0.3, -0.25) is 4.79 Å². The molecular formula is C13H19FN2O. The standard InChI is InChI=1S/C13H19FN2O/c1-3-13(2,9-15)12(17)16-8-10-4-6-11(14)7-5-10/h4-7H,3,8-9,15H2,1-2H3,(H,16,17). The van der Waals surface area contributed by atoms with Gasteiger partial charge in [0.15, 0.2) is 0 Å². The Morgan fingerprint density at radius 3 is 2.47 bits per heavy atom. The lowest BCUT2D eigenvalue weighted by molar-refractivity contribution is -0.130. The van der Waals surface area contributed by atoms with Crippen molar-refractivity contribution in [3.05, 3.63) is 35.6 Å². The van der Waals surface area contributed by atoms with Gasteiger partial charge in [-0.25, -0.2) is 4.39 Å². The van der Waals surface area contributed by atoms with Gasteiger partial charge < -0.3 is 11.1 Å². The van der Waals surface area contributed by atoms with Crippen LogP contribution in [0.4, 0.5) is 4.39 Å². The van der Waals surface area contributed by atoms with E-state index in [-0.39, 0.29) is 11.7 Å². The van der Waals surface area contributed by atoms with Crippen molar-refractivity contribution in [3.63, 3.8) is 0 Å². The van der Waals surface area contributed by atoms with Crippen molar-refractivity contribution in [1.29, 1.82) is 0 Å². The average molecular weight is 238 g/mol. The SMILES string of the molecule is CCC(C)(CN)C(=O)NCc1ccc(F)cc1. The summed E-state index contributed by atoms with van der Waals surface area (Å²) in [5.74, 6) is -0.341. The first kappa shape index (κ1) is 13.6. The van der Waals surface area contributed by atoms with Crippen LogP contribution in [0.3, 0.4) is 0 Å². The highest BCUT2D eigenvalue weighted by Gasteiger charge is 2.29. The second-order valence-electron chi connectivity index (χ2n) is 4.43. The molecule has 0 aliphatic heterocycles. The van der Waals surface area contributed by atoms with E-state index < -0.39 is 5.41 Å². The molecule has 0 aliphatic rings. The van der Waals surface area contributed by atoms with Gasteiger partial charge in [-0.05, 0) is 31.0 Å². The molecule has 0 saturated carbocycles. The number of nitrogens with two attached hydrogens (primary N) is 1. The number of hydrogen-bond donors (Lipinski definition) is 2. The highest BCUT2D eigenvalue weighted by molar-refractivity contribution is 5.82. The molecule has 0 aromatic heterocycles. The molecule has 1 unspecified atom stereocenters. The van der Waals surface area contributed by atoms with Crippen LogP contribution < -0.4 is 11.1 Å². The summed E-state index contributed by atoms with van der Waals surface area (Å²) in [5, 5.41) is 2.82. The zero-order chi connectivity index (χ0) is 12.9. The molecule has 1 atom stereocenters. The van der Waals surface area contributed by atoms with Crippen molar-refractivity contribution >= 4 is 5.91 Å². The van der Waals surface area contributed by atoms with Crippen LogP contribution in [-0.2, 0) is 11.3 Å². The van der Waals surface area contributed by atoms with Gasteiger partial charge in [-0.1, -0.05) is 19.1 Å². The first-order valence-corrected chi connectivity index (χ1v) is 5.74. The van der Waals surface area contributed by atoms with E-state index in [0.29, 0.717) is 19.5 Å². The van der Waals surface area contributed by atoms with Gasteiger partial charge >= 0.3 is 0 Å². The van der Waals surface area contributed by atoms with Gasteiger partial charge in [-0.2, -0.15) is 0 Å². The summed E-state index contributed by atoms with van der Waals surface area (Å²) < 4.78 is 12.7. The number of benzene rings is 1. The number of halogens is 1. The fraction of sp³-hybridized carbons (Fsp3) is 0.462. The van der Waals surface area contributed by atoms with Crippen LogP contribution in [0.15, 0.2) is 24.3 Å². The molecular weight excluding hydrogens is 219 g/mol. The number of amides is 1. The second-order valence-corrected chi connectivity index (χ2v) is 4.43. The first-order valence-electron chi connectivity index (χ1n) is 5.74. The fourth-order valence-electron chi connectivity index (χ4n) is 1.40. The lowest BCUT2D eigenvalue weighted by atomic mass is 9.86. The smallest absolute Gasteiger partial charge is 0.227 e. The molecule has 3 N–H and O–H groups in total. The Bertz CT molecular complexity index is 372. The van der Waals surface area contributed by atoms with Crippen molar-refractivity contribution in [2.45, 2.75) is 26.8 Å². The van der Waals surface area contributed by atoms with Crippen molar-refractivity contribution in [1.82, 2.24) is 5.32 Å². The van der Waals surface area contributed by atoms with Crippen LogP contribution in [0.2, 0.25) is 0 Å². The fourth-order valence-corrected chi connectivity index (χ4v) is 1.40. The average Bonchev–Trinajstić information content (AvgIpc) is 2.36. The lowest BCUT2D eigenvalue weighted by Crippen LogP contribution is -2.43. The van der Waals surface area contributed by atoms with Crippen LogP contribution >= 0.6 is 0 Å². The largest absolute Gasteiger partial charge is 0.352 e. The van der Waals surface area contributed by atoms with E-state index in [9.17, 15) is 9.18 Å². The molecule has 0 heterocycles. The topological polar surface area (TPSA) is 55.1 Å². The summed E-state index contributed by atoms with van der Waals surface area (Å²) >= 11 is 0. The third-order valence-corrected chi connectivity index (χ3v) is 3.15. The number of carbonyl (C=O) groups excluding carboxylic acids is 1. The van der Waals surface area contributed by atoms with Gasteiger partial charge in [0.25, 0.3) is 0 Å². The van der Waals surface area contributed by atoms with Gasteiger partial charge in [0.1, 0.15) is 5.82 Å².